The van der Waals surface area contributed by atoms with E-state index in [0.29, 0.717) is 6.42 Å². The topological polar surface area (TPSA) is 86.6 Å². The predicted molar refractivity (Wildman–Crippen MR) is 63.6 cm³/mol. The summed E-state index contributed by atoms with van der Waals surface area (Å²) >= 11 is 4.04. The van der Waals surface area contributed by atoms with Crippen molar-refractivity contribution in [2.45, 2.75) is 44.8 Å². The quantitative estimate of drug-likeness (QED) is 0.371. The van der Waals surface area contributed by atoms with Gasteiger partial charge < -0.3 is 15.5 Å². The second-order valence-corrected chi connectivity index (χ2v) is 4.11. The fourth-order valence-electron chi connectivity index (χ4n) is 1.21. The molecule has 0 aliphatic rings. The lowest BCUT2D eigenvalue weighted by molar-refractivity contribution is -0.144. The highest BCUT2D eigenvalue weighted by Crippen LogP contribution is 2.02. The number of amides is 1. The monoisotopic (exact) mass is 249 g/mol. The minimum Gasteiger partial charge on any atom is -0.480 e. The number of carboxylic acids is 1. The zero-order valence-electron chi connectivity index (χ0n) is 9.35. The number of unbranched alkanes of at least 4 members (excludes halogenated alkanes) is 2. The summed E-state index contributed by atoms with van der Waals surface area (Å²) in [5.74, 6) is -0.779. The average molecular weight is 249 g/mol. The summed E-state index contributed by atoms with van der Waals surface area (Å²) < 4.78 is 0. The second kappa shape index (κ2) is 8.41. The SMILES string of the molecule is CC(O)C(NC(=O)CCCCCS)C(=O)O. The Kier molecular flexibility index (Phi) is 8.01. The molecule has 94 valence electrons. The molecule has 1 amide bonds. The van der Waals surface area contributed by atoms with Crippen molar-refractivity contribution in [3.8, 4) is 0 Å². The van der Waals surface area contributed by atoms with Crippen molar-refractivity contribution in [2.75, 3.05) is 5.75 Å². The zero-order valence-corrected chi connectivity index (χ0v) is 10.2. The van der Waals surface area contributed by atoms with Gasteiger partial charge in [-0.15, -0.1) is 0 Å². The maximum absolute atomic E-state index is 11.3. The number of carbonyl (C=O) groups is 2. The number of thiol groups is 1. The van der Waals surface area contributed by atoms with Gasteiger partial charge in [0.15, 0.2) is 6.04 Å². The van der Waals surface area contributed by atoms with Crippen molar-refractivity contribution in [1.29, 1.82) is 0 Å². The van der Waals surface area contributed by atoms with E-state index in [1.165, 1.54) is 6.92 Å². The Morgan fingerprint density at radius 3 is 2.38 bits per heavy atom. The number of carboxylic acid groups (broad SMARTS) is 1. The fourth-order valence-corrected chi connectivity index (χ4v) is 1.43. The van der Waals surface area contributed by atoms with Gasteiger partial charge in [-0.2, -0.15) is 12.6 Å². The van der Waals surface area contributed by atoms with Crippen molar-refractivity contribution >= 4 is 24.5 Å². The van der Waals surface area contributed by atoms with Gasteiger partial charge in [0, 0.05) is 6.42 Å². The molecule has 0 bridgehead atoms. The smallest absolute Gasteiger partial charge is 0.328 e. The molecule has 0 spiro atoms. The first-order valence-corrected chi connectivity index (χ1v) is 5.93. The normalized spacial score (nSPS) is 14.2. The summed E-state index contributed by atoms with van der Waals surface area (Å²) in [5.41, 5.74) is 0. The Bertz CT molecular complexity index is 233. The van der Waals surface area contributed by atoms with Crippen molar-refractivity contribution < 1.29 is 19.8 Å². The van der Waals surface area contributed by atoms with Crippen LogP contribution < -0.4 is 5.32 Å². The minimum atomic E-state index is -1.22. The van der Waals surface area contributed by atoms with E-state index in [1.54, 1.807) is 0 Å². The first-order valence-electron chi connectivity index (χ1n) is 5.30. The maximum Gasteiger partial charge on any atom is 0.328 e. The van der Waals surface area contributed by atoms with Crippen LogP contribution in [0.15, 0.2) is 0 Å². The molecule has 3 N–H and O–H groups in total. The van der Waals surface area contributed by atoms with E-state index >= 15 is 0 Å². The first kappa shape index (κ1) is 15.2. The van der Waals surface area contributed by atoms with E-state index in [2.05, 4.69) is 17.9 Å². The van der Waals surface area contributed by atoms with Gasteiger partial charge >= 0.3 is 5.97 Å². The third-order valence-corrected chi connectivity index (χ3v) is 2.44. The van der Waals surface area contributed by atoms with Crippen LogP contribution in [0.3, 0.4) is 0 Å². The van der Waals surface area contributed by atoms with Gasteiger partial charge in [0.25, 0.3) is 0 Å². The van der Waals surface area contributed by atoms with Gasteiger partial charge in [-0.05, 0) is 25.5 Å². The van der Waals surface area contributed by atoms with Crippen LogP contribution in [0.1, 0.15) is 32.6 Å². The molecule has 0 rings (SSSR count). The molecular formula is C10H19NO4S. The molecule has 0 saturated carbocycles. The Morgan fingerprint density at radius 2 is 1.94 bits per heavy atom. The van der Waals surface area contributed by atoms with Gasteiger partial charge in [-0.25, -0.2) is 4.79 Å². The van der Waals surface area contributed by atoms with E-state index in [1.807, 2.05) is 0 Å². The Hall–Kier alpha value is -0.750. The summed E-state index contributed by atoms with van der Waals surface area (Å²) in [5, 5.41) is 20.1. The molecule has 0 heterocycles. The molecule has 2 unspecified atom stereocenters. The lowest BCUT2D eigenvalue weighted by Crippen LogP contribution is -2.47. The molecule has 0 aromatic rings. The lowest BCUT2D eigenvalue weighted by Gasteiger charge is -2.16. The van der Waals surface area contributed by atoms with Crippen molar-refractivity contribution in [3.05, 3.63) is 0 Å². The molecule has 6 heteroatoms. The van der Waals surface area contributed by atoms with Crippen molar-refractivity contribution in [1.82, 2.24) is 5.32 Å². The van der Waals surface area contributed by atoms with Crippen LogP contribution in [0.25, 0.3) is 0 Å². The number of nitrogens with one attached hydrogen (secondary N) is 1. The van der Waals surface area contributed by atoms with Gasteiger partial charge in [0.1, 0.15) is 0 Å². The average Bonchev–Trinajstić information content (AvgIpc) is 2.20. The zero-order chi connectivity index (χ0) is 12.6. The second-order valence-electron chi connectivity index (χ2n) is 3.66. The summed E-state index contributed by atoms with van der Waals surface area (Å²) in [6.07, 6.45) is 1.72. The summed E-state index contributed by atoms with van der Waals surface area (Å²) in [7, 11) is 0. The highest BCUT2D eigenvalue weighted by Gasteiger charge is 2.24. The Balaban J connectivity index is 3.87. The van der Waals surface area contributed by atoms with Crippen LogP contribution in [0.4, 0.5) is 0 Å². The van der Waals surface area contributed by atoms with Crippen LogP contribution in [0.2, 0.25) is 0 Å². The summed E-state index contributed by atoms with van der Waals surface area (Å²) in [4.78, 5) is 22.0. The van der Waals surface area contributed by atoms with Gasteiger partial charge in [-0.3, -0.25) is 4.79 Å². The highest BCUT2D eigenvalue weighted by molar-refractivity contribution is 7.80. The number of hydrogen-bond acceptors (Lipinski definition) is 4. The number of hydrogen-bond donors (Lipinski definition) is 4. The molecule has 0 aromatic heterocycles. The lowest BCUT2D eigenvalue weighted by atomic mass is 10.1. The van der Waals surface area contributed by atoms with Gasteiger partial charge in [0.2, 0.25) is 5.91 Å². The molecule has 0 radical (unpaired) electrons. The molecule has 2 atom stereocenters. The van der Waals surface area contributed by atoms with E-state index in [4.69, 9.17) is 10.2 Å². The minimum absolute atomic E-state index is 0.282. The van der Waals surface area contributed by atoms with Crippen LogP contribution in [0.5, 0.6) is 0 Å². The maximum atomic E-state index is 11.3. The van der Waals surface area contributed by atoms with Crippen molar-refractivity contribution in [3.63, 3.8) is 0 Å². The molecule has 0 saturated heterocycles. The van der Waals surface area contributed by atoms with E-state index < -0.39 is 18.1 Å². The Morgan fingerprint density at radius 1 is 1.31 bits per heavy atom. The largest absolute Gasteiger partial charge is 0.480 e. The molecule has 0 aliphatic carbocycles. The predicted octanol–water partition coefficient (Wildman–Crippen LogP) is 0.427. The van der Waals surface area contributed by atoms with E-state index in [9.17, 15) is 9.59 Å². The molecule has 0 aromatic carbocycles. The molecule has 16 heavy (non-hydrogen) atoms. The first-order chi connectivity index (χ1) is 7.49. The van der Waals surface area contributed by atoms with E-state index in [0.717, 1.165) is 18.6 Å². The fraction of sp³-hybridized carbons (Fsp3) is 0.800. The van der Waals surface area contributed by atoms with Gasteiger partial charge in [0.05, 0.1) is 6.10 Å². The number of aliphatic hydroxyl groups is 1. The van der Waals surface area contributed by atoms with Crippen LogP contribution in [0, 0.1) is 0 Å². The molecule has 0 aliphatic heterocycles. The number of carbonyl (C=O) groups excluding carboxylic acids is 1. The van der Waals surface area contributed by atoms with Crippen LogP contribution in [-0.2, 0) is 9.59 Å². The summed E-state index contributed by atoms with van der Waals surface area (Å²) in [6.45, 7) is 1.33. The number of aliphatic hydroxyl groups excluding tert-OH is 1. The molecule has 0 fully saturated rings. The Labute approximate surface area is 101 Å². The van der Waals surface area contributed by atoms with E-state index in [-0.39, 0.29) is 12.3 Å². The number of aliphatic carboxylic acids is 1. The van der Waals surface area contributed by atoms with Crippen LogP contribution >= 0.6 is 12.6 Å². The molecule has 5 nitrogen and oxygen atoms in total. The third-order valence-electron chi connectivity index (χ3n) is 2.13. The van der Waals surface area contributed by atoms with Gasteiger partial charge in [-0.1, -0.05) is 6.42 Å². The highest BCUT2D eigenvalue weighted by atomic mass is 32.1. The summed E-state index contributed by atoms with van der Waals surface area (Å²) in [6, 6.07) is -1.22. The third kappa shape index (κ3) is 6.68. The molecular weight excluding hydrogens is 230 g/mol. The van der Waals surface area contributed by atoms with Crippen LogP contribution in [-0.4, -0.2) is 40.0 Å². The standard InChI is InChI=1S/C10H19NO4S/c1-7(12)9(10(14)15)11-8(13)5-3-2-4-6-16/h7,9,12,16H,2-6H2,1H3,(H,11,13)(H,14,15). The van der Waals surface area contributed by atoms with Crippen molar-refractivity contribution in [2.24, 2.45) is 0 Å². The number of rotatable bonds is 8.